The predicted octanol–water partition coefficient (Wildman–Crippen LogP) is 2.36. The van der Waals surface area contributed by atoms with Gasteiger partial charge in [0, 0.05) is 30.7 Å². The van der Waals surface area contributed by atoms with Crippen LogP contribution in [0.3, 0.4) is 0 Å². The molecule has 27 heavy (non-hydrogen) atoms. The van der Waals surface area contributed by atoms with E-state index in [1.54, 1.807) is 35.5 Å². The van der Waals surface area contributed by atoms with E-state index in [1.807, 2.05) is 37.4 Å². The van der Waals surface area contributed by atoms with Crippen LogP contribution in [0.5, 0.6) is 0 Å². The molecule has 146 valence electrons. The number of fused-ring (bicyclic) bond motifs is 1. The van der Waals surface area contributed by atoms with Crippen LogP contribution in [-0.4, -0.2) is 64.2 Å². The third kappa shape index (κ3) is 4.27. The van der Waals surface area contributed by atoms with E-state index in [2.05, 4.69) is 0 Å². The first-order valence-corrected chi connectivity index (χ1v) is 11.0. The van der Waals surface area contributed by atoms with Gasteiger partial charge in [-0.15, -0.1) is 23.5 Å². The number of esters is 1. The fourth-order valence-electron chi connectivity index (χ4n) is 3.43. The number of hydrogen-bond acceptors (Lipinski definition) is 6. The highest BCUT2D eigenvalue weighted by Gasteiger charge is 2.53. The first kappa shape index (κ1) is 20.1. The number of carbonyl (C=O) groups excluding carboxylic acids is 3. The van der Waals surface area contributed by atoms with Crippen LogP contribution < -0.4 is 0 Å². The minimum absolute atomic E-state index is 0.0124. The van der Waals surface area contributed by atoms with Crippen molar-refractivity contribution < 1.29 is 19.1 Å². The van der Waals surface area contributed by atoms with Crippen molar-refractivity contribution in [2.75, 3.05) is 25.7 Å². The van der Waals surface area contributed by atoms with Gasteiger partial charge >= 0.3 is 5.97 Å². The average Bonchev–Trinajstić information content (AvgIpc) is 3.16. The number of ether oxygens (including phenoxy) is 1. The molecule has 8 heteroatoms. The van der Waals surface area contributed by atoms with Crippen LogP contribution in [0.25, 0.3) is 0 Å². The zero-order valence-corrected chi connectivity index (χ0v) is 17.4. The number of hydrogen-bond donors (Lipinski definition) is 0. The summed E-state index contributed by atoms with van der Waals surface area (Å²) >= 11 is 3.27. The summed E-state index contributed by atoms with van der Waals surface area (Å²) < 4.78 is 5.24. The van der Waals surface area contributed by atoms with Gasteiger partial charge in [0.15, 0.2) is 6.61 Å². The predicted molar refractivity (Wildman–Crippen MR) is 106 cm³/mol. The van der Waals surface area contributed by atoms with Gasteiger partial charge in [-0.2, -0.15) is 0 Å². The van der Waals surface area contributed by atoms with Crippen LogP contribution in [0.2, 0.25) is 0 Å². The summed E-state index contributed by atoms with van der Waals surface area (Å²) in [4.78, 5) is 40.9. The molecule has 2 aliphatic rings. The van der Waals surface area contributed by atoms with Crippen LogP contribution in [0.1, 0.15) is 25.3 Å². The minimum Gasteiger partial charge on any atom is -0.454 e. The maximum atomic E-state index is 12.4. The van der Waals surface area contributed by atoms with E-state index in [-0.39, 0.29) is 23.3 Å². The Balaban J connectivity index is 1.51. The number of carbonyl (C=O) groups is 3. The molecule has 2 heterocycles. The van der Waals surface area contributed by atoms with E-state index >= 15 is 0 Å². The first-order chi connectivity index (χ1) is 12.8. The minimum atomic E-state index is -0.591. The largest absolute Gasteiger partial charge is 0.454 e. The Morgan fingerprint density at radius 2 is 2.07 bits per heavy atom. The van der Waals surface area contributed by atoms with E-state index < -0.39 is 12.0 Å². The van der Waals surface area contributed by atoms with E-state index in [0.29, 0.717) is 18.7 Å². The number of amides is 2. The second kappa shape index (κ2) is 8.14. The molecular weight excluding hydrogens is 384 g/mol. The number of thioether (sulfide) groups is 2. The summed E-state index contributed by atoms with van der Waals surface area (Å²) in [6, 6.07) is 7.40. The smallest absolute Gasteiger partial charge is 0.330 e. The van der Waals surface area contributed by atoms with Gasteiger partial charge in [-0.05, 0) is 37.3 Å². The van der Waals surface area contributed by atoms with E-state index in [1.165, 1.54) is 9.80 Å². The van der Waals surface area contributed by atoms with Gasteiger partial charge in [-0.1, -0.05) is 12.1 Å². The van der Waals surface area contributed by atoms with Crippen LogP contribution in [-0.2, 0) is 25.7 Å². The molecule has 2 saturated heterocycles. The highest BCUT2D eigenvalue weighted by Crippen LogP contribution is 2.47. The third-order valence-electron chi connectivity index (χ3n) is 5.06. The first-order valence-electron chi connectivity index (χ1n) is 8.84. The van der Waals surface area contributed by atoms with Gasteiger partial charge in [-0.3, -0.25) is 9.59 Å². The number of nitrogens with zero attached hydrogens (tertiary/aromatic N) is 2. The van der Waals surface area contributed by atoms with Crippen LogP contribution in [0, 0.1) is 0 Å². The summed E-state index contributed by atoms with van der Waals surface area (Å²) in [5, 5.41) is 0. The molecular formula is C19H24N2O4S2. The standard InChI is InChI=1S/C19H24N2O4S2/c1-19-9-8-16(22)21(19)15(12-27-19)18(24)25-11-17(23)20(2)10-13-4-6-14(26-3)7-5-13/h4-7,15H,8-12H2,1-3H3/t15-,19+/m0/s1. The molecule has 0 radical (unpaired) electrons. The zero-order valence-electron chi connectivity index (χ0n) is 15.8. The highest BCUT2D eigenvalue weighted by molar-refractivity contribution is 8.01. The molecule has 2 atom stereocenters. The quantitative estimate of drug-likeness (QED) is 0.532. The number of benzene rings is 1. The summed E-state index contributed by atoms with van der Waals surface area (Å²) in [5.74, 6) is -0.250. The second-order valence-electron chi connectivity index (χ2n) is 6.97. The molecule has 1 aromatic rings. The van der Waals surface area contributed by atoms with Gasteiger partial charge in [0.05, 0.1) is 4.87 Å². The Labute approximate surface area is 168 Å². The molecule has 0 aromatic heterocycles. The molecule has 0 saturated carbocycles. The monoisotopic (exact) mass is 408 g/mol. The van der Waals surface area contributed by atoms with E-state index in [0.717, 1.165) is 12.0 Å². The lowest BCUT2D eigenvalue weighted by Gasteiger charge is -2.29. The molecule has 0 N–H and O–H groups in total. The molecule has 0 bridgehead atoms. The molecule has 3 rings (SSSR count). The average molecular weight is 409 g/mol. The second-order valence-corrected chi connectivity index (χ2v) is 9.35. The van der Waals surface area contributed by atoms with Crippen LogP contribution in [0.4, 0.5) is 0 Å². The van der Waals surface area contributed by atoms with Crippen LogP contribution in [0.15, 0.2) is 29.2 Å². The summed E-state index contributed by atoms with van der Waals surface area (Å²) in [6.45, 7) is 2.13. The van der Waals surface area contributed by atoms with Crippen molar-refractivity contribution >= 4 is 41.3 Å². The van der Waals surface area contributed by atoms with Crippen molar-refractivity contribution in [3.8, 4) is 0 Å². The van der Waals surface area contributed by atoms with Crippen molar-refractivity contribution in [3.63, 3.8) is 0 Å². The third-order valence-corrected chi connectivity index (χ3v) is 7.31. The Morgan fingerprint density at radius 3 is 2.74 bits per heavy atom. The van der Waals surface area contributed by atoms with E-state index in [4.69, 9.17) is 4.74 Å². The topological polar surface area (TPSA) is 66.9 Å². The number of likely N-dealkylation sites (N-methyl/N-ethyl adjacent to an activating group) is 1. The summed E-state index contributed by atoms with van der Waals surface area (Å²) in [7, 11) is 1.69. The molecule has 2 amide bonds. The highest BCUT2D eigenvalue weighted by atomic mass is 32.2. The Morgan fingerprint density at radius 1 is 1.37 bits per heavy atom. The lowest BCUT2D eigenvalue weighted by atomic mass is 10.2. The summed E-state index contributed by atoms with van der Waals surface area (Å²) in [6.07, 6.45) is 3.22. The SMILES string of the molecule is CSc1ccc(CN(C)C(=O)COC(=O)[C@@H]2CS[C@]3(C)CCC(=O)N23)cc1. The van der Waals surface area contributed by atoms with Crippen molar-refractivity contribution in [2.24, 2.45) is 0 Å². The molecule has 0 unspecified atom stereocenters. The Bertz CT molecular complexity index is 740. The molecule has 6 nitrogen and oxygen atoms in total. The lowest BCUT2D eigenvalue weighted by molar-refractivity contribution is -0.158. The maximum Gasteiger partial charge on any atom is 0.330 e. The van der Waals surface area contributed by atoms with Gasteiger partial charge in [0.2, 0.25) is 5.91 Å². The molecule has 2 fully saturated rings. The van der Waals surface area contributed by atoms with Gasteiger partial charge < -0.3 is 14.5 Å². The van der Waals surface area contributed by atoms with Crippen molar-refractivity contribution in [2.45, 2.75) is 42.1 Å². The fourth-order valence-corrected chi connectivity index (χ4v) is 5.25. The molecule has 2 aliphatic heterocycles. The maximum absolute atomic E-state index is 12.4. The zero-order chi connectivity index (χ0) is 19.6. The van der Waals surface area contributed by atoms with Gasteiger partial charge in [0.1, 0.15) is 6.04 Å². The van der Waals surface area contributed by atoms with Crippen molar-refractivity contribution in [1.82, 2.24) is 9.80 Å². The normalized spacial score (nSPS) is 24.0. The molecule has 1 aromatic carbocycles. The van der Waals surface area contributed by atoms with Gasteiger partial charge in [0.25, 0.3) is 5.91 Å². The van der Waals surface area contributed by atoms with Gasteiger partial charge in [-0.25, -0.2) is 4.79 Å². The molecule has 0 aliphatic carbocycles. The lowest BCUT2D eigenvalue weighted by Crippen LogP contribution is -2.47. The fraction of sp³-hybridized carbons (Fsp3) is 0.526. The Kier molecular flexibility index (Phi) is 6.05. The van der Waals surface area contributed by atoms with Crippen molar-refractivity contribution in [1.29, 1.82) is 0 Å². The Hall–Kier alpha value is -1.67. The van der Waals surface area contributed by atoms with Crippen LogP contribution >= 0.6 is 23.5 Å². The molecule has 0 spiro atoms. The van der Waals surface area contributed by atoms with Crippen molar-refractivity contribution in [3.05, 3.63) is 29.8 Å². The summed E-state index contributed by atoms with van der Waals surface area (Å²) in [5.41, 5.74) is 1.01. The number of rotatable bonds is 6. The van der Waals surface area contributed by atoms with E-state index in [9.17, 15) is 14.4 Å².